The van der Waals surface area contributed by atoms with Crippen LogP contribution in [0, 0.1) is 17.3 Å². The van der Waals surface area contributed by atoms with Crippen LogP contribution >= 0.6 is 0 Å². The molecule has 1 heteroatoms. The van der Waals surface area contributed by atoms with Crippen molar-refractivity contribution in [1.82, 2.24) is 0 Å². The second-order valence-corrected chi connectivity index (χ2v) is 7.16. The molecular formula is C19H24O. The van der Waals surface area contributed by atoms with Gasteiger partial charge in [0.15, 0.2) is 0 Å². The largest absolute Gasteiger partial charge is 0.497 e. The van der Waals surface area contributed by atoms with Crippen LogP contribution in [-0.2, 0) is 6.42 Å². The quantitative estimate of drug-likeness (QED) is 0.670. The van der Waals surface area contributed by atoms with E-state index < -0.39 is 0 Å². The molecule has 3 aliphatic rings. The van der Waals surface area contributed by atoms with Gasteiger partial charge in [0, 0.05) is 0 Å². The zero-order valence-electron chi connectivity index (χ0n) is 12.6. The van der Waals surface area contributed by atoms with Gasteiger partial charge in [-0.1, -0.05) is 25.1 Å². The van der Waals surface area contributed by atoms with Gasteiger partial charge < -0.3 is 4.74 Å². The van der Waals surface area contributed by atoms with Gasteiger partial charge in [0.05, 0.1) is 7.11 Å². The minimum Gasteiger partial charge on any atom is -0.497 e. The smallest absolute Gasteiger partial charge is 0.119 e. The normalized spacial score (nSPS) is 38.0. The van der Waals surface area contributed by atoms with Gasteiger partial charge in [-0.3, -0.25) is 0 Å². The first-order valence-corrected chi connectivity index (χ1v) is 8.06. The van der Waals surface area contributed by atoms with E-state index in [0.29, 0.717) is 5.41 Å². The van der Waals surface area contributed by atoms with Gasteiger partial charge in [-0.25, -0.2) is 0 Å². The second kappa shape index (κ2) is 4.38. The summed E-state index contributed by atoms with van der Waals surface area (Å²) in [7, 11) is 1.77. The third-order valence-electron chi connectivity index (χ3n) is 6.26. The van der Waals surface area contributed by atoms with Gasteiger partial charge >= 0.3 is 0 Å². The number of benzene rings is 1. The molecule has 0 aliphatic heterocycles. The highest BCUT2D eigenvalue weighted by molar-refractivity contribution is 5.41. The number of hydrogen-bond donors (Lipinski definition) is 0. The molecule has 4 atom stereocenters. The Kier molecular flexibility index (Phi) is 2.73. The number of fused-ring (bicyclic) bond motifs is 5. The molecule has 20 heavy (non-hydrogen) atoms. The summed E-state index contributed by atoms with van der Waals surface area (Å²) in [5.74, 6) is 3.59. The molecular weight excluding hydrogens is 244 g/mol. The van der Waals surface area contributed by atoms with Crippen LogP contribution < -0.4 is 4.74 Å². The number of methoxy groups -OCH3 is 1. The van der Waals surface area contributed by atoms with Crippen molar-refractivity contribution in [3.63, 3.8) is 0 Å². The lowest BCUT2D eigenvalue weighted by atomic mass is 9.56. The van der Waals surface area contributed by atoms with E-state index in [9.17, 15) is 0 Å². The first kappa shape index (κ1) is 12.5. The number of allylic oxidation sites excluding steroid dienone is 2. The van der Waals surface area contributed by atoms with Crippen LogP contribution in [-0.4, -0.2) is 7.11 Å². The van der Waals surface area contributed by atoms with E-state index in [0.717, 1.165) is 23.5 Å². The Hall–Kier alpha value is -1.24. The molecule has 1 saturated carbocycles. The van der Waals surface area contributed by atoms with Gasteiger partial charge in [-0.15, -0.1) is 0 Å². The van der Waals surface area contributed by atoms with E-state index in [1.165, 1.54) is 32.1 Å². The standard InChI is InChI=1S/C19H24O/c1-19-10-3-4-18(19)17-7-5-13-12-14(20-2)6-8-15(13)16(17)9-11-19/h3,6,8,10,12,16-18H,4-5,7,9,11H2,1-2H3/t16?,17?,18?,19-/m0/s1. The maximum Gasteiger partial charge on any atom is 0.119 e. The van der Waals surface area contributed by atoms with E-state index >= 15 is 0 Å². The van der Waals surface area contributed by atoms with Crippen LogP contribution in [0.15, 0.2) is 30.4 Å². The zero-order chi connectivity index (χ0) is 13.7. The highest BCUT2D eigenvalue weighted by Gasteiger charge is 2.48. The fourth-order valence-corrected chi connectivity index (χ4v) is 5.17. The fraction of sp³-hybridized carbons (Fsp3) is 0.579. The minimum atomic E-state index is 0.491. The highest BCUT2D eigenvalue weighted by atomic mass is 16.5. The molecule has 0 amide bonds. The maximum atomic E-state index is 5.39. The number of aryl methyl sites for hydroxylation is 1. The van der Waals surface area contributed by atoms with Crippen molar-refractivity contribution in [2.75, 3.05) is 7.11 Å². The summed E-state index contributed by atoms with van der Waals surface area (Å²) in [6.45, 7) is 2.49. The number of hydrogen-bond acceptors (Lipinski definition) is 1. The van der Waals surface area contributed by atoms with Crippen LogP contribution in [0.1, 0.15) is 49.7 Å². The molecule has 4 rings (SSSR count). The van der Waals surface area contributed by atoms with E-state index in [2.05, 4.69) is 37.3 Å². The third-order valence-corrected chi connectivity index (χ3v) is 6.26. The third kappa shape index (κ3) is 1.68. The highest BCUT2D eigenvalue weighted by Crippen LogP contribution is 2.58. The molecule has 106 valence electrons. The molecule has 3 unspecified atom stereocenters. The fourth-order valence-electron chi connectivity index (χ4n) is 5.17. The van der Waals surface area contributed by atoms with Crippen molar-refractivity contribution >= 4 is 0 Å². The summed E-state index contributed by atoms with van der Waals surface area (Å²) < 4.78 is 5.39. The predicted octanol–water partition coefficient (Wildman–Crippen LogP) is 4.72. The van der Waals surface area contributed by atoms with Crippen molar-refractivity contribution in [2.24, 2.45) is 17.3 Å². The summed E-state index contributed by atoms with van der Waals surface area (Å²) >= 11 is 0. The van der Waals surface area contributed by atoms with E-state index in [-0.39, 0.29) is 0 Å². The number of rotatable bonds is 1. The molecule has 0 radical (unpaired) electrons. The summed E-state index contributed by atoms with van der Waals surface area (Å²) in [5.41, 5.74) is 3.65. The summed E-state index contributed by atoms with van der Waals surface area (Å²) in [4.78, 5) is 0. The average Bonchev–Trinajstić information content (AvgIpc) is 2.88. The maximum absolute atomic E-state index is 5.39. The topological polar surface area (TPSA) is 9.23 Å². The SMILES string of the molecule is COc1ccc2c(c1)CCC1C2CC[C@]2(C)C=CCC12. The Morgan fingerprint density at radius 3 is 3.00 bits per heavy atom. The van der Waals surface area contributed by atoms with Gasteiger partial charge in [-0.05, 0) is 78.5 Å². The Labute approximate surface area is 122 Å². The van der Waals surface area contributed by atoms with Crippen molar-refractivity contribution < 1.29 is 4.74 Å². The lowest BCUT2D eigenvalue weighted by Gasteiger charge is -2.49. The van der Waals surface area contributed by atoms with E-state index in [1.807, 2.05) is 0 Å². The van der Waals surface area contributed by atoms with Crippen molar-refractivity contribution in [1.29, 1.82) is 0 Å². The molecule has 0 bridgehead atoms. The monoisotopic (exact) mass is 268 g/mol. The van der Waals surface area contributed by atoms with Crippen LogP contribution in [0.3, 0.4) is 0 Å². The first-order valence-electron chi connectivity index (χ1n) is 8.06. The molecule has 0 spiro atoms. The van der Waals surface area contributed by atoms with Crippen molar-refractivity contribution in [3.8, 4) is 5.75 Å². The minimum absolute atomic E-state index is 0.491. The van der Waals surface area contributed by atoms with Gasteiger partial charge in [0.25, 0.3) is 0 Å². The van der Waals surface area contributed by atoms with Gasteiger partial charge in [-0.2, -0.15) is 0 Å². The van der Waals surface area contributed by atoms with Crippen LogP contribution in [0.25, 0.3) is 0 Å². The Morgan fingerprint density at radius 2 is 2.15 bits per heavy atom. The predicted molar refractivity (Wildman–Crippen MR) is 82.1 cm³/mol. The summed E-state index contributed by atoms with van der Waals surface area (Å²) in [5, 5.41) is 0. The van der Waals surface area contributed by atoms with Crippen LogP contribution in [0.5, 0.6) is 5.75 Å². The Bertz CT molecular complexity index is 559. The van der Waals surface area contributed by atoms with Gasteiger partial charge in [0.1, 0.15) is 5.75 Å². The zero-order valence-corrected chi connectivity index (χ0v) is 12.6. The number of ether oxygens (including phenoxy) is 1. The lowest BCUT2D eigenvalue weighted by Crippen LogP contribution is -2.39. The molecule has 0 heterocycles. The summed E-state index contributed by atoms with van der Waals surface area (Å²) in [6, 6.07) is 6.77. The molecule has 0 aromatic heterocycles. The van der Waals surface area contributed by atoms with Crippen LogP contribution in [0.4, 0.5) is 0 Å². The Morgan fingerprint density at radius 1 is 1.25 bits per heavy atom. The molecule has 1 nitrogen and oxygen atoms in total. The van der Waals surface area contributed by atoms with Crippen LogP contribution in [0.2, 0.25) is 0 Å². The molecule has 1 fully saturated rings. The van der Waals surface area contributed by atoms with Crippen molar-refractivity contribution in [3.05, 3.63) is 41.5 Å². The van der Waals surface area contributed by atoms with Gasteiger partial charge in [0.2, 0.25) is 0 Å². The average molecular weight is 268 g/mol. The lowest BCUT2D eigenvalue weighted by molar-refractivity contribution is 0.0826. The summed E-state index contributed by atoms with van der Waals surface area (Å²) in [6.07, 6.45) is 11.6. The Balaban J connectivity index is 1.70. The first-order chi connectivity index (χ1) is 9.71. The molecule has 3 aliphatic carbocycles. The second-order valence-electron chi connectivity index (χ2n) is 7.16. The molecule has 1 aromatic carbocycles. The molecule has 0 saturated heterocycles. The molecule has 1 aromatic rings. The molecule has 0 N–H and O–H groups in total. The van der Waals surface area contributed by atoms with Crippen molar-refractivity contribution in [2.45, 2.75) is 44.9 Å². The van der Waals surface area contributed by atoms with E-state index in [1.54, 1.807) is 18.2 Å². The van der Waals surface area contributed by atoms with E-state index in [4.69, 9.17) is 4.74 Å².